The number of carbonyl (C=O) groups is 2. The maximum absolute atomic E-state index is 11.3. The Morgan fingerprint density at radius 2 is 1.16 bits per heavy atom. The fourth-order valence-corrected chi connectivity index (χ4v) is 4.07. The summed E-state index contributed by atoms with van der Waals surface area (Å²) in [5.41, 5.74) is 12.3. The molecular formula is C32H35N9O3. The van der Waals surface area contributed by atoms with Crippen LogP contribution in [0.5, 0.6) is 5.75 Å². The Morgan fingerprint density at radius 1 is 0.682 bits per heavy atom. The molecule has 2 amide bonds. The summed E-state index contributed by atoms with van der Waals surface area (Å²) in [6.07, 6.45) is 0. The lowest BCUT2D eigenvalue weighted by Gasteiger charge is -2.13. The van der Waals surface area contributed by atoms with Crippen LogP contribution in [0.4, 0.5) is 34.6 Å². The van der Waals surface area contributed by atoms with Crippen LogP contribution >= 0.6 is 0 Å². The zero-order chi connectivity index (χ0) is 31.6. The average Bonchev–Trinajstić information content (AvgIpc) is 2.99. The summed E-state index contributed by atoms with van der Waals surface area (Å²) in [5.74, 6) is 1.49. The standard InChI is InChI=1S/C32H35N9O3/c1-19-7-16-29(44-6)28(17-19)35-32-36-30(40-38-20(2)24-8-12-26(13-9-24)33-22(4)42)18-31(37-32)41-39-21(3)25-10-14-27(15-11-25)34-23(5)43/h7-18H,1-6H3,(H,33,42)(H,34,43)(H3,35,36,37,40,41). The maximum Gasteiger partial charge on any atom is 0.231 e. The molecular weight excluding hydrogens is 558 g/mol. The number of rotatable bonds is 11. The molecule has 0 fully saturated rings. The molecule has 0 aliphatic rings. The van der Waals surface area contributed by atoms with Crippen molar-refractivity contribution in [2.24, 2.45) is 10.2 Å². The topological polar surface area (TPSA) is 154 Å². The first-order valence-electron chi connectivity index (χ1n) is 13.8. The van der Waals surface area contributed by atoms with Gasteiger partial charge in [0, 0.05) is 31.3 Å². The minimum atomic E-state index is -0.134. The highest BCUT2D eigenvalue weighted by atomic mass is 16.5. The third-order valence-corrected chi connectivity index (χ3v) is 6.25. The normalized spacial score (nSPS) is 11.4. The van der Waals surface area contributed by atoms with Gasteiger partial charge in [0.05, 0.1) is 24.2 Å². The highest BCUT2D eigenvalue weighted by molar-refractivity contribution is 6.00. The Labute approximate surface area is 256 Å². The third-order valence-electron chi connectivity index (χ3n) is 6.25. The van der Waals surface area contributed by atoms with Crippen molar-refractivity contribution in [1.82, 2.24) is 9.97 Å². The van der Waals surface area contributed by atoms with Crippen molar-refractivity contribution in [2.75, 3.05) is 33.9 Å². The molecule has 0 atom stereocenters. The molecule has 226 valence electrons. The minimum absolute atomic E-state index is 0.134. The second-order valence-electron chi connectivity index (χ2n) is 9.93. The number of hydrogen-bond acceptors (Lipinski definition) is 10. The minimum Gasteiger partial charge on any atom is -0.495 e. The summed E-state index contributed by atoms with van der Waals surface area (Å²) >= 11 is 0. The van der Waals surface area contributed by atoms with E-state index >= 15 is 0 Å². The lowest BCUT2D eigenvalue weighted by Crippen LogP contribution is -2.08. The molecule has 3 aromatic carbocycles. The molecule has 5 N–H and O–H groups in total. The van der Waals surface area contributed by atoms with Gasteiger partial charge in [-0.2, -0.15) is 20.2 Å². The largest absolute Gasteiger partial charge is 0.495 e. The number of hydrazone groups is 2. The van der Waals surface area contributed by atoms with Crippen molar-refractivity contribution in [3.8, 4) is 5.75 Å². The van der Waals surface area contributed by atoms with Crippen LogP contribution in [-0.2, 0) is 9.59 Å². The number of nitrogens with zero attached hydrogens (tertiary/aromatic N) is 4. The molecule has 4 aromatic rings. The van der Waals surface area contributed by atoms with Gasteiger partial charge in [-0.15, -0.1) is 0 Å². The van der Waals surface area contributed by atoms with E-state index in [1.165, 1.54) is 13.8 Å². The molecule has 0 saturated carbocycles. The van der Waals surface area contributed by atoms with Crippen LogP contribution in [0.1, 0.15) is 44.4 Å². The van der Waals surface area contributed by atoms with E-state index < -0.39 is 0 Å². The first kappa shape index (κ1) is 31.2. The molecule has 1 aromatic heterocycles. The van der Waals surface area contributed by atoms with Crippen LogP contribution in [0.2, 0.25) is 0 Å². The van der Waals surface area contributed by atoms with Crippen LogP contribution in [-0.4, -0.2) is 40.3 Å². The van der Waals surface area contributed by atoms with Crippen molar-refractivity contribution >= 4 is 57.9 Å². The average molecular weight is 594 g/mol. The van der Waals surface area contributed by atoms with Gasteiger partial charge in [0.25, 0.3) is 0 Å². The quantitative estimate of drug-likeness (QED) is 0.103. The van der Waals surface area contributed by atoms with E-state index in [-0.39, 0.29) is 11.8 Å². The van der Waals surface area contributed by atoms with Crippen molar-refractivity contribution < 1.29 is 14.3 Å². The SMILES string of the molecule is COc1ccc(C)cc1Nc1nc(NN=C(C)c2ccc(NC(C)=O)cc2)cc(NN=C(C)c2ccc(NC(C)=O)cc2)n1. The van der Waals surface area contributed by atoms with Crippen LogP contribution in [0.3, 0.4) is 0 Å². The first-order chi connectivity index (χ1) is 21.1. The van der Waals surface area contributed by atoms with Gasteiger partial charge in [-0.3, -0.25) is 20.4 Å². The number of carbonyl (C=O) groups excluding carboxylic acids is 2. The lowest BCUT2D eigenvalue weighted by atomic mass is 10.1. The van der Waals surface area contributed by atoms with Gasteiger partial charge in [-0.05, 0) is 73.9 Å². The second-order valence-corrected chi connectivity index (χ2v) is 9.93. The Morgan fingerprint density at radius 3 is 1.59 bits per heavy atom. The third kappa shape index (κ3) is 8.86. The number of aryl methyl sites for hydroxylation is 1. The van der Waals surface area contributed by atoms with Gasteiger partial charge in [-0.1, -0.05) is 30.3 Å². The number of hydrogen-bond donors (Lipinski definition) is 5. The molecule has 0 radical (unpaired) electrons. The molecule has 4 rings (SSSR count). The van der Waals surface area contributed by atoms with Crippen LogP contribution in [0, 0.1) is 6.92 Å². The predicted octanol–water partition coefficient (Wildman–Crippen LogP) is 6.13. The number of aromatic nitrogens is 2. The number of nitrogens with one attached hydrogen (secondary N) is 5. The molecule has 0 spiro atoms. The summed E-state index contributed by atoms with van der Waals surface area (Å²) in [4.78, 5) is 31.8. The Hall–Kier alpha value is -5.78. The van der Waals surface area contributed by atoms with Crippen molar-refractivity contribution in [3.05, 3.63) is 89.5 Å². The van der Waals surface area contributed by atoms with Gasteiger partial charge in [0.2, 0.25) is 17.8 Å². The van der Waals surface area contributed by atoms with E-state index in [1.54, 1.807) is 13.2 Å². The van der Waals surface area contributed by atoms with Gasteiger partial charge in [0.15, 0.2) is 11.6 Å². The number of ether oxygens (including phenoxy) is 1. The molecule has 0 aliphatic carbocycles. The van der Waals surface area contributed by atoms with E-state index in [2.05, 4.69) is 47.0 Å². The molecule has 0 unspecified atom stereocenters. The molecule has 0 bridgehead atoms. The summed E-state index contributed by atoms with van der Waals surface area (Å²) in [5, 5.41) is 17.8. The van der Waals surface area contributed by atoms with Gasteiger partial charge in [-0.25, -0.2) is 0 Å². The zero-order valence-electron chi connectivity index (χ0n) is 25.4. The number of methoxy groups -OCH3 is 1. The molecule has 0 aliphatic heterocycles. The molecule has 12 nitrogen and oxygen atoms in total. The van der Waals surface area contributed by atoms with E-state index in [0.29, 0.717) is 51.8 Å². The summed E-state index contributed by atoms with van der Waals surface area (Å²) in [7, 11) is 1.60. The summed E-state index contributed by atoms with van der Waals surface area (Å²) in [6.45, 7) is 8.64. The molecule has 1 heterocycles. The Bertz CT molecular complexity index is 1600. The van der Waals surface area contributed by atoms with Crippen molar-refractivity contribution in [3.63, 3.8) is 0 Å². The fraction of sp³-hybridized carbons (Fsp3) is 0.188. The van der Waals surface area contributed by atoms with E-state index in [0.717, 1.165) is 16.7 Å². The smallest absolute Gasteiger partial charge is 0.231 e. The van der Waals surface area contributed by atoms with Crippen LogP contribution in [0.25, 0.3) is 0 Å². The fourth-order valence-electron chi connectivity index (χ4n) is 4.07. The van der Waals surface area contributed by atoms with Gasteiger partial charge >= 0.3 is 0 Å². The zero-order valence-corrected chi connectivity index (χ0v) is 25.4. The molecule has 0 saturated heterocycles. The van der Waals surface area contributed by atoms with E-state index in [9.17, 15) is 9.59 Å². The van der Waals surface area contributed by atoms with E-state index in [4.69, 9.17) is 4.74 Å². The summed E-state index contributed by atoms with van der Waals surface area (Å²) < 4.78 is 5.51. The summed E-state index contributed by atoms with van der Waals surface area (Å²) in [6, 6.07) is 22.2. The highest BCUT2D eigenvalue weighted by Gasteiger charge is 2.10. The lowest BCUT2D eigenvalue weighted by molar-refractivity contribution is -0.115. The highest BCUT2D eigenvalue weighted by Crippen LogP contribution is 2.28. The maximum atomic E-state index is 11.3. The number of amides is 2. The monoisotopic (exact) mass is 593 g/mol. The van der Waals surface area contributed by atoms with Crippen LogP contribution in [0.15, 0.2) is 83.0 Å². The molecule has 44 heavy (non-hydrogen) atoms. The second kappa shape index (κ2) is 14.4. The predicted molar refractivity (Wildman–Crippen MR) is 176 cm³/mol. The van der Waals surface area contributed by atoms with Crippen LogP contribution < -0.4 is 31.5 Å². The molecule has 12 heteroatoms. The van der Waals surface area contributed by atoms with Crippen molar-refractivity contribution in [2.45, 2.75) is 34.6 Å². The Balaban J connectivity index is 1.59. The van der Waals surface area contributed by atoms with Crippen molar-refractivity contribution in [1.29, 1.82) is 0 Å². The van der Waals surface area contributed by atoms with Gasteiger partial charge in [0.1, 0.15) is 5.75 Å². The number of anilines is 6. The van der Waals surface area contributed by atoms with Gasteiger partial charge < -0.3 is 20.7 Å². The van der Waals surface area contributed by atoms with E-state index in [1.807, 2.05) is 87.5 Å². The first-order valence-corrected chi connectivity index (χ1v) is 13.8. The number of benzene rings is 3. The Kier molecular flexibility index (Phi) is 10.2.